The fraction of sp³-hybridized carbons (Fsp3) is 0.684. The van der Waals surface area contributed by atoms with Gasteiger partial charge in [0.2, 0.25) is 0 Å². The zero-order valence-corrected chi connectivity index (χ0v) is 14.1. The van der Waals surface area contributed by atoms with Gasteiger partial charge < -0.3 is 10.1 Å². The first-order valence-corrected chi connectivity index (χ1v) is 8.51. The molecule has 2 nitrogen and oxygen atoms in total. The number of ether oxygens (including phenoxy) is 1. The van der Waals surface area contributed by atoms with Crippen molar-refractivity contribution in [1.82, 2.24) is 5.32 Å². The molecule has 1 aromatic rings. The van der Waals surface area contributed by atoms with Crippen molar-refractivity contribution >= 4 is 0 Å². The van der Waals surface area contributed by atoms with Crippen molar-refractivity contribution in [2.45, 2.75) is 58.9 Å². The average Bonchev–Trinajstić information content (AvgIpc) is 2.47. The molecule has 3 atom stereocenters. The first kappa shape index (κ1) is 16.4. The van der Waals surface area contributed by atoms with E-state index in [9.17, 15) is 0 Å². The highest BCUT2D eigenvalue weighted by molar-refractivity contribution is 5.37. The molecule has 1 aliphatic carbocycles. The summed E-state index contributed by atoms with van der Waals surface area (Å²) in [6.45, 7) is 7.95. The van der Waals surface area contributed by atoms with Gasteiger partial charge in [-0.15, -0.1) is 0 Å². The topological polar surface area (TPSA) is 21.3 Å². The minimum atomic E-state index is 0.673. The van der Waals surface area contributed by atoms with E-state index in [2.05, 4.69) is 44.3 Å². The normalized spacial score (nSPS) is 25.8. The average molecular weight is 289 g/mol. The minimum absolute atomic E-state index is 0.673. The lowest BCUT2D eigenvalue weighted by Gasteiger charge is -2.36. The van der Waals surface area contributed by atoms with Gasteiger partial charge in [0.15, 0.2) is 0 Å². The van der Waals surface area contributed by atoms with Crippen LogP contribution in [-0.2, 0) is 6.42 Å². The number of benzene rings is 1. The van der Waals surface area contributed by atoms with Gasteiger partial charge in [-0.3, -0.25) is 0 Å². The summed E-state index contributed by atoms with van der Waals surface area (Å²) >= 11 is 0. The van der Waals surface area contributed by atoms with Crippen LogP contribution in [-0.4, -0.2) is 19.7 Å². The Balaban J connectivity index is 2.11. The molecule has 0 spiro atoms. The standard InChI is InChI=1S/C19H31NO/c1-5-10-20-18-8-6-14(2)11-16(18)13-17-12-15(3)7-9-19(17)21-4/h7,9,12,14,16,18,20H,5-6,8,10-11,13H2,1-4H3. The van der Waals surface area contributed by atoms with Crippen LogP contribution in [0.15, 0.2) is 18.2 Å². The molecule has 2 heteroatoms. The molecule has 0 amide bonds. The van der Waals surface area contributed by atoms with Crippen molar-refractivity contribution < 1.29 is 4.74 Å². The SMILES string of the molecule is CCCNC1CCC(C)CC1Cc1cc(C)ccc1OC. The predicted molar refractivity (Wildman–Crippen MR) is 90.0 cm³/mol. The van der Waals surface area contributed by atoms with Crippen LogP contribution in [0.2, 0.25) is 0 Å². The Hall–Kier alpha value is -1.02. The predicted octanol–water partition coefficient (Wildman–Crippen LogP) is 4.35. The fourth-order valence-electron chi connectivity index (χ4n) is 3.67. The number of methoxy groups -OCH3 is 1. The highest BCUT2D eigenvalue weighted by atomic mass is 16.5. The van der Waals surface area contributed by atoms with E-state index in [1.54, 1.807) is 7.11 Å². The number of rotatable bonds is 6. The lowest BCUT2D eigenvalue weighted by atomic mass is 9.76. The molecule has 1 N–H and O–H groups in total. The Morgan fingerprint density at radius 1 is 1.29 bits per heavy atom. The van der Waals surface area contributed by atoms with Gasteiger partial charge in [0.1, 0.15) is 5.75 Å². The van der Waals surface area contributed by atoms with E-state index in [1.165, 1.54) is 36.8 Å². The van der Waals surface area contributed by atoms with Crippen molar-refractivity contribution in [2.75, 3.05) is 13.7 Å². The Kier molecular flexibility index (Phi) is 6.10. The molecular formula is C19H31NO. The van der Waals surface area contributed by atoms with Crippen LogP contribution >= 0.6 is 0 Å². The van der Waals surface area contributed by atoms with Crippen LogP contribution < -0.4 is 10.1 Å². The van der Waals surface area contributed by atoms with E-state index in [0.29, 0.717) is 6.04 Å². The maximum absolute atomic E-state index is 5.56. The second-order valence-corrected chi connectivity index (χ2v) is 6.76. The fourth-order valence-corrected chi connectivity index (χ4v) is 3.67. The zero-order valence-electron chi connectivity index (χ0n) is 14.1. The quantitative estimate of drug-likeness (QED) is 0.840. The van der Waals surface area contributed by atoms with Crippen LogP contribution in [0.25, 0.3) is 0 Å². The molecular weight excluding hydrogens is 258 g/mol. The number of hydrogen-bond donors (Lipinski definition) is 1. The van der Waals surface area contributed by atoms with Crippen LogP contribution in [0.3, 0.4) is 0 Å². The van der Waals surface area contributed by atoms with Crippen LogP contribution in [0.4, 0.5) is 0 Å². The third kappa shape index (κ3) is 4.47. The molecule has 1 aromatic carbocycles. The molecule has 0 radical (unpaired) electrons. The number of nitrogens with one attached hydrogen (secondary N) is 1. The summed E-state index contributed by atoms with van der Waals surface area (Å²) in [4.78, 5) is 0. The third-order valence-electron chi connectivity index (χ3n) is 4.82. The Morgan fingerprint density at radius 3 is 2.81 bits per heavy atom. The summed E-state index contributed by atoms with van der Waals surface area (Å²) in [5.41, 5.74) is 2.70. The Bertz CT molecular complexity index is 441. The minimum Gasteiger partial charge on any atom is -0.496 e. The van der Waals surface area contributed by atoms with Gasteiger partial charge in [0, 0.05) is 6.04 Å². The van der Waals surface area contributed by atoms with E-state index >= 15 is 0 Å². The lowest BCUT2D eigenvalue weighted by molar-refractivity contribution is 0.211. The summed E-state index contributed by atoms with van der Waals surface area (Å²) in [6, 6.07) is 7.23. The van der Waals surface area contributed by atoms with Gasteiger partial charge in [0.05, 0.1) is 7.11 Å². The van der Waals surface area contributed by atoms with E-state index in [0.717, 1.165) is 30.6 Å². The molecule has 118 valence electrons. The molecule has 2 rings (SSSR count). The van der Waals surface area contributed by atoms with Gasteiger partial charge in [-0.25, -0.2) is 0 Å². The van der Waals surface area contributed by atoms with E-state index in [4.69, 9.17) is 4.74 Å². The molecule has 0 saturated heterocycles. The molecule has 0 bridgehead atoms. The first-order chi connectivity index (χ1) is 10.1. The number of hydrogen-bond acceptors (Lipinski definition) is 2. The molecule has 1 fully saturated rings. The molecule has 1 aliphatic rings. The second-order valence-electron chi connectivity index (χ2n) is 6.76. The molecule has 0 heterocycles. The van der Waals surface area contributed by atoms with Crippen molar-refractivity contribution in [3.05, 3.63) is 29.3 Å². The summed E-state index contributed by atoms with van der Waals surface area (Å²) in [7, 11) is 1.78. The Morgan fingerprint density at radius 2 is 2.10 bits per heavy atom. The zero-order chi connectivity index (χ0) is 15.2. The van der Waals surface area contributed by atoms with Gasteiger partial charge in [0.25, 0.3) is 0 Å². The Labute approximate surface area is 130 Å². The van der Waals surface area contributed by atoms with E-state index < -0.39 is 0 Å². The largest absolute Gasteiger partial charge is 0.496 e. The number of aryl methyl sites for hydroxylation is 1. The summed E-state index contributed by atoms with van der Waals surface area (Å²) in [6.07, 6.45) is 6.37. The van der Waals surface area contributed by atoms with Gasteiger partial charge in [-0.05, 0) is 69.0 Å². The van der Waals surface area contributed by atoms with E-state index in [1.807, 2.05) is 0 Å². The van der Waals surface area contributed by atoms with Crippen molar-refractivity contribution in [2.24, 2.45) is 11.8 Å². The maximum Gasteiger partial charge on any atom is 0.122 e. The highest BCUT2D eigenvalue weighted by Crippen LogP contribution is 2.33. The first-order valence-electron chi connectivity index (χ1n) is 8.51. The summed E-state index contributed by atoms with van der Waals surface area (Å²) in [5.74, 6) is 2.63. The molecule has 0 aromatic heterocycles. The van der Waals surface area contributed by atoms with Gasteiger partial charge in [-0.2, -0.15) is 0 Å². The molecule has 21 heavy (non-hydrogen) atoms. The highest BCUT2D eigenvalue weighted by Gasteiger charge is 2.28. The third-order valence-corrected chi connectivity index (χ3v) is 4.82. The van der Waals surface area contributed by atoms with Crippen LogP contribution in [0.5, 0.6) is 5.75 Å². The van der Waals surface area contributed by atoms with Crippen LogP contribution in [0, 0.1) is 18.8 Å². The van der Waals surface area contributed by atoms with Gasteiger partial charge >= 0.3 is 0 Å². The van der Waals surface area contributed by atoms with Crippen molar-refractivity contribution in [1.29, 1.82) is 0 Å². The van der Waals surface area contributed by atoms with Crippen LogP contribution in [0.1, 0.15) is 50.7 Å². The second kappa shape index (κ2) is 7.84. The summed E-state index contributed by atoms with van der Waals surface area (Å²) < 4.78 is 5.56. The summed E-state index contributed by atoms with van der Waals surface area (Å²) in [5, 5.41) is 3.77. The maximum atomic E-state index is 5.56. The molecule has 0 aliphatic heterocycles. The van der Waals surface area contributed by atoms with Crippen molar-refractivity contribution in [3.8, 4) is 5.75 Å². The monoisotopic (exact) mass is 289 g/mol. The molecule has 3 unspecified atom stereocenters. The lowest BCUT2D eigenvalue weighted by Crippen LogP contribution is -2.41. The molecule has 1 saturated carbocycles. The smallest absolute Gasteiger partial charge is 0.122 e. The van der Waals surface area contributed by atoms with Gasteiger partial charge in [-0.1, -0.05) is 31.5 Å². The van der Waals surface area contributed by atoms with E-state index in [-0.39, 0.29) is 0 Å². The van der Waals surface area contributed by atoms with Crippen molar-refractivity contribution in [3.63, 3.8) is 0 Å².